The van der Waals surface area contributed by atoms with Crippen molar-refractivity contribution < 1.29 is 4.79 Å². The molecule has 0 spiro atoms. The van der Waals surface area contributed by atoms with Gasteiger partial charge in [0.15, 0.2) is 0 Å². The molecule has 0 radical (unpaired) electrons. The first kappa shape index (κ1) is 13.7. The average molecular weight is 226 g/mol. The highest BCUT2D eigenvalue weighted by Crippen LogP contribution is 2.17. The molecule has 0 aliphatic carbocycles. The SMILES string of the molecule is CN1CCCN(CCC(=O)C(C)(C)C)CC1. The van der Waals surface area contributed by atoms with Crippen LogP contribution in [0, 0.1) is 5.41 Å². The highest BCUT2D eigenvalue weighted by molar-refractivity contribution is 5.83. The van der Waals surface area contributed by atoms with Crippen molar-refractivity contribution in [3.8, 4) is 0 Å². The van der Waals surface area contributed by atoms with Crippen molar-refractivity contribution in [3.05, 3.63) is 0 Å². The van der Waals surface area contributed by atoms with Gasteiger partial charge in [0, 0.05) is 31.5 Å². The minimum absolute atomic E-state index is 0.178. The topological polar surface area (TPSA) is 23.6 Å². The maximum absolute atomic E-state index is 11.8. The van der Waals surface area contributed by atoms with Crippen LogP contribution in [0.1, 0.15) is 33.6 Å². The Balaban J connectivity index is 2.29. The van der Waals surface area contributed by atoms with Gasteiger partial charge in [-0.05, 0) is 26.6 Å². The van der Waals surface area contributed by atoms with Crippen molar-refractivity contribution in [3.63, 3.8) is 0 Å². The number of carbonyl (C=O) groups is 1. The number of rotatable bonds is 3. The fourth-order valence-electron chi connectivity index (χ4n) is 1.96. The van der Waals surface area contributed by atoms with E-state index in [0.29, 0.717) is 12.2 Å². The second kappa shape index (κ2) is 5.78. The van der Waals surface area contributed by atoms with Gasteiger partial charge in [0.2, 0.25) is 0 Å². The molecule has 94 valence electrons. The van der Waals surface area contributed by atoms with Gasteiger partial charge in [0.05, 0.1) is 0 Å². The van der Waals surface area contributed by atoms with Gasteiger partial charge >= 0.3 is 0 Å². The predicted molar refractivity (Wildman–Crippen MR) is 67.6 cm³/mol. The Morgan fingerprint density at radius 3 is 2.44 bits per heavy atom. The summed E-state index contributed by atoms with van der Waals surface area (Å²) in [6.07, 6.45) is 1.92. The smallest absolute Gasteiger partial charge is 0.139 e. The first-order chi connectivity index (χ1) is 7.39. The summed E-state index contributed by atoms with van der Waals surface area (Å²) in [6, 6.07) is 0. The van der Waals surface area contributed by atoms with Crippen molar-refractivity contribution in [2.45, 2.75) is 33.6 Å². The number of likely N-dealkylation sites (N-methyl/N-ethyl adjacent to an activating group) is 1. The fourth-order valence-corrected chi connectivity index (χ4v) is 1.96. The van der Waals surface area contributed by atoms with Crippen molar-refractivity contribution in [2.24, 2.45) is 5.41 Å². The van der Waals surface area contributed by atoms with Crippen LogP contribution >= 0.6 is 0 Å². The molecule has 1 heterocycles. The maximum atomic E-state index is 11.8. The van der Waals surface area contributed by atoms with Crippen LogP contribution in [-0.4, -0.2) is 55.4 Å². The van der Waals surface area contributed by atoms with Crippen LogP contribution in [0.3, 0.4) is 0 Å². The molecule has 1 saturated heterocycles. The molecule has 3 nitrogen and oxygen atoms in total. The second-order valence-electron chi connectivity index (χ2n) is 5.92. The van der Waals surface area contributed by atoms with Crippen LogP contribution in [0.4, 0.5) is 0 Å². The van der Waals surface area contributed by atoms with Crippen molar-refractivity contribution in [1.82, 2.24) is 9.80 Å². The van der Waals surface area contributed by atoms with E-state index in [-0.39, 0.29) is 5.41 Å². The van der Waals surface area contributed by atoms with Crippen molar-refractivity contribution in [2.75, 3.05) is 39.8 Å². The standard InChI is InChI=1S/C13H26N2O/c1-13(2,3)12(16)6-9-15-8-5-7-14(4)10-11-15/h5-11H2,1-4H3. The molecule has 0 amide bonds. The van der Waals surface area contributed by atoms with Gasteiger partial charge in [-0.25, -0.2) is 0 Å². The summed E-state index contributed by atoms with van der Waals surface area (Å²) in [5.74, 6) is 0.380. The number of hydrogen-bond donors (Lipinski definition) is 0. The molecule has 0 N–H and O–H groups in total. The van der Waals surface area contributed by atoms with Crippen LogP contribution in [0.5, 0.6) is 0 Å². The molecule has 0 aromatic carbocycles. The minimum Gasteiger partial charge on any atom is -0.305 e. The van der Waals surface area contributed by atoms with Crippen molar-refractivity contribution in [1.29, 1.82) is 0 Å². The van der Waals surface area contributed by atoms with Gasteiger partial charge in [-0.2, -0.15) is 0 Å². The number of hydrogen-bond acceptors (Lipinski definition) is 3. The summed E-state index contributed by atoms with van der Waals surface area (Å²) in [4.78, 5) is 16.6. The van der Waals surface area contributed by atoms with Crippen LogP contribution < -0.4 is 0 Å². The largest absolute Gasteiger partial charge is 0.305 e. The molecule has 16 heavy (non-hydrogen) atoms. The van der Waals surface area contributed by atoms with Crippen LogP contribution in [0.2, 0.25) is 0 Å². The zero-order valence-corrected chi connectivity index (χ0v) is 11.3. The first-order valence-electron chi connectivity index (χ1n) is 6.34. The first-order valence-corrected chi connectivity index (χ1v) is 6.34. The summed E-state index contributed by atoms with van der Waals surface area (Å²) in [6.45, 7) is 11.5. The fraction of sp³-hybridized carbons (Fsp3) is 0.923. The zero-order valence-electron chi connectivity index (χ0n) is 11.3. The van der Waals surface area contributed by atoms with E-state index in [1.807, 2.05) is 20.8 Å². The lowest BCUT2D eigenvalue weighted by molar-refractivity contribution is -0.126. The molecule has 0 aromatic rings. The molecule has 0 bridgehead atoms. The minimum atomic E-state index is -0.178. The average Bonchev–Trinajstić information content (AvgIpc) is 2.38. The highest BCUT2D eigenvalue weighted by atomic mass is 16.1. The van der Waals surface area contributed by atoms with Gasteiger partial charge in [-0.1, -0.05) is 20.8 Å². The molecule has 3 heteroatoms. The van der Waals surface area contributed by atoms with E-state index in [0.717, 1.165) is 26.2 Å². The van der Waals surface area contributed by atoms with E-state index >= 15 is 0 Å². The Labute approximate surface area is 99.8 Å². The molecule has 0 saturated carbocycles. The van der Waals surface area contributed by atoms with Crippen molar-refractivity contribution >= 4 is 5.78 Å². The van der Waals surface area contributed by atoms with Gasteiger partial charge in [-0.3, -0.25) is 4.79 Å². The van der Waals surface area contributed by atoms with E-state index in [1.54, 1.807) is 0 Å². The van der Waals surface area contributed by atoms with E-state index in [9.17, 15) is 4.79 Å². The van der Waals surface area contributed by atoms with Gasteiger partial charge < -0.3 is 9.80 Å². The summed E-state index contributed by atoms with van der Waals surface area (Å²) in [5, 5.41) is 0. The summed E-state index contributed by atoms with van der Waals surface area (Å²) in [7, 11) is 2.17. The third kappa shape index (κ3) is 4.62. The lowest BCUT2D eigenvalue weighted by atomic mass is 9.89. The van der Waals surface area contributed by atoms with Crippen LogP contribution in [0.15, 0.2) is 0 Å². The predicted octanol–water partition coefficient (Wildman–Crippen LogP) is 1.63. The van der Waals surface area contributed by atoms with E-state index in [4.69, 9.17) is 0 Å². The summed E-state index contributed by atoms with van der Waals surface area (Å²) >= 11 is 0. The van der Waals surface area contributed by atoms with Gasteiger partial charge in [-0.15, -0.1) is 0 Å². The zero-order chi connectivity index (χ0) is 12.2. The Morgan fingerprint density at radius 2 is 1.81 bits per heavy atom. The molecule has 0 aromatic heterocycles. The van der Waals surface area contributed by atoms with Crippen LogP contribution in [0.25, 0.3) is 0 Å². The molecule has 0 unspecified atom stereocenters. The third-order valence-corrected chi connectivity index (χ3v) is 3.30. The molecular weight excluding hydrogens is 200 g/mol. The van der Waals surface area contributed by atoms with E-state index in [1.165, 1.54) is 13.0 Å². The number of nitrogens with zero attached hydrogens (tertiary/aromatic N) is 2. The molecule has 1 fully saturated rings. The van der Waals surface area contributed by atoms with Gasteiger partial charge in [0.1, 0.15) is 5.78 Å². The Bertz CT molecular complexity index is 233. The lowest BCUT2D eigenvalue weighted by Crippen LogP contribution is -2.32. The number of carbonyl (C=O) groups excluding carboxylic acids is 1. The lowest BCUT2D eigenvalue weighted by Gasteiger charge is -2.22. The molecule has 0 atom stereocenters. The second-order valence-corrected chi connectivity index (χ2v) is 5.92. The molecule has 1 aliphatic rings. The third-order valence-electron chi connectivity index (χ3n) is 3.30. The van der Waals surface area contributed by atoms with E-state index < -0.39 is 0 Å². The summed E-state index contributed by atoms with van der Waals surface area (Å²) in [5.41, 5.74) is -0.178. The summed E-state index contributed by atoms with van der Waals surface area (Å²) < 4.78 is 0. The molecule has 1 rings (SSSR count). The Kier molecular flexibility index (Phi) is 4.93. The molecule has 1 aliphatic heterocycles. The maximum Gasteiger partial charge on any atom is 0.139 e. The van der Waals surface area contributed by atoms with Crippen LogP contribution in [-0.2, 0) is 4.79 Å². The Morgan fingerprint density at radius 1 is 1.12 bits per heavy atom. The van der Waals surface area contributed by atoms with Gasteiger partial charge in [0.25, 0.3) is 0 Å². The monoisotopic (exact) mass is 226 g/mol. The number of Topliss-reactive ketones (excluding diaryl/α,β-unsaturated/α-hetero) is 1. The Hall–Kier alpha value is -0.410. The van der Waals surface area contributed by atoms with E-state index in [2.05, 4.69) is 16.8 Å². The normalized spacial score (nSPS) is 20.8. The highest BCUT2D eigenvalue weighted by Gasteiger charge is 2.21. The molecular formula is C13H26N2O. The quantitative estimate of drug-likeness (QED) is 0.731. The number of ketones is 1.